The van der Waals surface area contributed by atoms with Crippen LogP contribution in [0.2, 0.25) is 0 Å². The third-order valence-electron chi connectivity index (χ3n) is 5.22. The predicted octanol–water partition coefficient (Wildman–Crippen LogP) is 3.39. The van der Waals surface area contributed by atoms with Gasteiger partial charge in [0.2, 0.25) is 5.91 Å². The summed E-state index contributed by atoms with van der Waals surface area (Å²) < 4.78 is 19.2. The summed E-state index contributed by atoms with van der Waals surface area (Å²) in [5.41, 5.74) is 0.271. The zero-order valence-corrected chi connectivity index (χ0v) is 16.2. The average molecular weight is 384 g/mol. The first-order valence-electron chi connectivity index (χ1n) is 9.38. The topological polar surface area (TPSA) is 58.6 Å². The Morgan fingerprint density at radius 3 is 2.75 bits per heavy atom. The minimum Gasteiger partial charge on any atom is -0.497 e. The number of piperidine rings is 1. The number of carbonyl (C=O) groups is 2. The van der Waals surface area contributed by atoms with Gasteiger partial charge in [-0.25, -0.2) is 4.39 Å². The number of amides is 2. The van der Waals surface area contributed by atoms with Gasteiger partial charge in [0.05, 0.1) is 18.1 Å². The molecule has 1 atom stereocenters. The van der Waals surface area contributed by atoms with Gasteiger partial charge in [-0.1, -0.05) is 24.3 Å². The molecule has 3 rings (SSSR count). The molecule has 2 aromatic rings. The Labute approximate surface area is 164 Å². The molecule has 1 saturated heterocycles. The van der Waals surface area contributed by atoms with Crippen LogP contribution in [-0.4, -0.2) is 36.9 Å². The van der Waals surface area contributed by atoms with Crippen LogP contribution in [0.3, 0.4) is 0 Å². The molecule has 1 aliphatic heterocycles. The third-order valence-corrected chi connectivity index (χ3v) is 5.22. The molecule has 6 heteroatoms. The largest absolute Gasteiger partial charge is 0.497 e. The Morgan fingerprint density at radius 1 is 1.21 bits per heavy atom. The summed E-state index contributed by atoms with van der Waals surface area (Å²) in [7, 11) is 1.60. The van der Waals surface area contributed by atoms with E-state index in [0.29, 0.717) is 25.9 Å². The van der Waals surface area contributed by atoms with Crippen molar-refractivity contribution < 1.29 is 18.7 Å². The van der Waals surface area contributed by atoms with E-state index >= 15 is 0 Å². The van der Waals surface area contributed by atoms with E-state index in [9.17, 15) is 14.0 Å². The van der Waals surface area contributed by atoms with Crippen LogP contribution in [0.1, 0.15) is 35.7 Å². The van der Waals surface area contributed by atoms with Crippen molar-refractivity contribution in [1.29, 1.82) is 0 Å². The maximum absolute atomic E-state index is 14.0. The fourth-order valence-electron chi connectivity index (χ4n) is 3.58. The number of hydrogen-bond donors (Lipinski definition) is 1. The van der Waals surface area contributed by atoms with Gasteiger partial charge in [0.1, 0.15) is 11.6 Å². The van der Waals surface area contributed by atoms with E-state index in [1.54, 1.807) is 24.1 Å². The standard InChI is InChI=1S/C22H25FN2O3/c1-22(21(27)24-14-16-7-5-8-17(13-16)28-2)11-6-12-25(15-22)20(26)18-9-3-4-10-19(18)23/h3-5,7-10,13H,6,11-12,14-15H2,1-2H3,(H,24,27)/t22-/m0/s1. The number of carbonyl (C=O) groups excluding carboxylic acids is 2. The van der Waals surface area contributed by atoms with Crippen molar-refractivity contribution in [2.75, 3.05) is 20.2 Å². The molecule has 0 bridgehead atoms. The number of benzene rings is 2. The highest BCUT2D eigenvalue weighted by Gasteiger charge is 2.39. The fourth-order valence-corrected chi connectivity index (χ4v) is 3.58. The molecular formula is C22H25FN2O3. The highest BCUT2D eigenvalue weighted by Crippen LogP contribution is 2.31. The van der Waals surface area contributed by atoms with E-state index in [0.717, 1.165) is 11.3 Å². The van der Waals surface area contributed by atoms with Crippen LogP contribution in [0.15, 0.2) is 48.5 Å². The van der Waals surface area contributed by atoms with E-state index in [-0.39, 0.29) is 23.9 Å². The van der Waals surface area contributed by atoms with Gasteiger partial charge in [0.25, 0.3) is 5.91 Å². The zero-order valence-electron chi connectivity index (χ0n) is 16.2. The van der Waals surface area contributed by atoms with Gasteiger partial charge in [-0.3, -0.25) is 9.59 Å². The summed E-state index contributed by atoms with van der Waals surface area (Å²) in [4.78, 5) is 27.2. The number of nitrogens with zero attached hydrogens (tertiary/aromatic N) is 1. The number of hydrogen-bond acceptors (Lipinski definition) is 3. The van der Waals surface area contributed by atoms with E-state index in [1.165, 1.54) is 12.1 Å². The Kier molecular flexibility index (Phi) is 5.97. The second kappa shape index (κ2) is 8.42. The molecule has 1 aliphatic rings. The predicted molar refractivity (Wildman–Crippen MR) is 104 cm³/mol. The summed E-state index contributed by atoms with van der Waals surface area (Å²) >= 11 is 0. The first-order chi connectivity index (χ1) is 13.4. The maximum Gasteiger partial charge on any atom is 0.256 e. The molecule has 1 heterocycles. The Bertz CT molecular complexity index is 870. The van der Waals surface area contributed by atoms with E-state index in [2.05, 4.69) is 5.32 Å². The quantitative estimate of drug-likeness (QED) is 0.860. The fraction of sp³-hybridized carbons (Fsp3) is 0.364. The van der Waals surface area contributed by atoms with Crippen molar-refractivity contribution >= 4 is 11.8 Å². The Balaban J connectivity index is 1.66. The van der Waals surface area contributed by atoms with Crippen LogP contribution in [0.25, 0.3) is 0 Å². The molecular weight excluding hydrogens is 359 g/mol. The lowest BCUT2D eigenvalue weighted by Gasteiger charge is -2.39. The van der Waals surface area contributed by atoms with Crippen molar-refractivity contribution in [1.82, 2.24) is 10.2 Å². The average Bonchev–Trinajstić information content (AvgIpc) is 2.72. The Hall–Kier alpha value is -2.89. The van der Waals surface area contributed by atoms with Crippen molar-refractivity contribution in [2.24, 2.45) is 5.41 Å². The van der Waals surface area contributed by atoms with E-state index in [4.69, 9.17) is 4.74 Å². The number of rotatable bonds is 5. The number of halogens is 1. The van der Waals surface area contributed by atoms with Gasteiger partial charge < -0.3 is 15.0 Å². The second-order valence-corrected chi connectivity index (χ2v) is 7.40. The summed E-state index contributed by atoms with van der Waals surface area (Å²) in [5, 5.41) is 2.96. The molecule has 0 unspecified atom stereocenters. The molecule has 0 spiro atoms. The van der Waals surface area contributed by atoms with Crippen LogP contribution in [0, 0.1) is 11.2 Å². The van der Waals surface area contributed by atoms with Crippen molar-refractivity contribution in [3.63, 3.8) is 0 Å². The molecule has 28 heavy (non-hydrogen) atoms. The Morgan fingerprint density at radius 2 is 2.00 bits per heavy atom. The molecule has 1 N–H and O–H groups in total. The smallest absolute Gasteiger partial charge is 0.256 e. The molecule has 5 nitrogen and oxygen atoms in total. The summed E-state index contributed by atoms with van der Waals surface area (Å²) in [5.74, 6) is -0.287. The second-order valence-electron chi connectivity index (χ2n) is 7.40. The molecule has 0 radical (unpaired) electrons. The van der Waals surface area contributed by atoms with Gasteiger partial charge in [-0.05, 0) is 49.6 Å². The minimum absolute atomic E-state index is 0.0449. The lowest BCUT2D eigenvalue weighted by atomic mass is 9.80. The van der Waals surface area contributed by atoms with Crippen molar-refractivity contribution in [3.8, 4) is 5.75 Å². The summed E-state index contributed by atoms with van der Waals surface area (Å²) in [6.45, 7) is 3.03. The molecule has 1 fully saturated rings. The monoisotopic (exact) mass is 384 g/mol. The number of nitrogens with one attached hydrogen (secondary N) is 1. The van der Waals surface area contributed by atoms with Crippen LogP contribution in [0.4, 0.5) is 4.39 Å². The van der Waals surface area contributed by atoms with Crippen LogP contribution >= 0.6 is 0 Å². The van der Waals surface area contributed by atoms with Crippen molar-refractivity contribution in [3.05, 3.63) is 65.5 Å². The molecule has 0 aromatic heterocycles. The highest BCUT2D eigenvalue weighted by molar-refractivity contribution is 5.95. The highest BCUT2D eigenvalue weighted by atomic mass is 19.1. The molecule has 148 valence electrons. The SMILES string of the molecule is COc1cccc(CNC(=O)[C@@]2(C)CCCN(C(=O)c3ccccc3F)C2)c1. The van der Waals surface area contributed by atoms with Gasteiger partial charge in [0.15, 0.2) is 0 Å². The molecule has 2 amide bonds. The van der Waals surface area contributed by atoms with Gasteiger partial charge >= 0.3 is 0 Å². The summed E-state index contributed by atoms with van der Waals surface area (Å²) in [6.07, 6.45) is 1.38. The van der Waals surface area contributed by atoms with Crippen LogP contribution in [0.5, 0.6) is 5.75 Å². The first-order valence-corrected chi connectivity index (χ1v) is 9.38. The van der Waals surface area contributed by atoms with Gasteiger partial charge in [0, 0.05) is 19.6 Å². The molecule has 0 aliphatic carbocycles. The first kappa shape index (κ1) is 19.9. The van der Waals surface area contributed by atoms with Gasteiger partial charge in [-0.2, -0.15) is 0 Å². The maximum atomic E-state index is 14.0. The zero-order chi connectivity index (χ0) is 20.1. The van der Waals surface area contributed by atoms with E-state index in [1.807, 2.05) is 31.2 Å². The number of likely N-dealkylation sites (tertiary alicyclic amines) is 1. The number of methoxy groups -OCH3 is 1. The third kappa shape index (κ3) is 4.32. The lowest BCUT2D eigenvalue weighted by Crippen LogP contribution is -2.51. The number of ether oxygens (including phenoxy) is 1. The minimum atomic E-state index is -0.710. The van der Waals surface area contributed by atoms with Crippen LogP contribution in [-0.2, 0) is 11.3 Å². The van der Waals surface area contributed by atoms with Crippen molar-refractivity contribution in [2.45, 2.75) is 26.3 Å². The summed E-state index contributed by atoms with van der Waals surface area (Å²) in [6, 6.07) is 13.5. The normalized spacial score (nSPS) is 19.2. The lowest BCUT2D eigenvalue weighted by molar-refractivity contribution is -0.132. The molecule has 2 aromatic carbocycles. The molecule has 0 saturated carbocycles. The van der Waals surface area contributed by atoms with Gasteiger partial charge in [-0.15, -0.1) is 0 Å². The van der Waals surface area contributed by atoms with Crippen LogP contribution < -0.4 is 10.1 Å². The van der Waals surface area contributed by atoms with E-state index < -0.39 is 11.2 Å².